The summed E-state index contributed by atoms with van der Waals surface area (Å²) < 4.78 is 21.0. The molecule has 1 spiro atoms. The van der Waals surface area contributed by atoms with Crippen LogP contribution in [0.1, 0.15) is 103 Å². The summed E-state index contributed by atoms with van der Waals surface area (Å²) in [6.07, 6.45) is 14.0. The summed E-state index contributed by atoms with van der Waals surface area (Å²) in [5.41, 5.74) is -0.251. The van der Waals surface area contributed by atoms with Gasteiger partial charge in [-0.15, -0.1) is 0 Å². The van der Waals surface area contributed by atoms with Crippen LogP contribution < -0.4 is 14.8 Å². The maximum atomic E-state index is 14.9. The van der Waals surface area contributed by atoms with Crippen molar-refractivity contribution in [3.05, 3.63) is 69.4 Å². The molecule has 2 N–H and O–H groups in total. The molecule has 0 aromatic heterocycles. The summed E-state index contributed by atoms with van der Waals surface area (Å²) in [7, 11) is 3.88. The molecule has 3 aliphatic carbocycles. The van der Waals surface area contributed by atoms with Gasteiger partial charge in [-0.2, -0.15) is 0 Å². The minimum absolute atomic E-state index is 0.0526. The summed E-state index contributed by atoms with van der Waals surface area (Å²) in [4.78, 5) is 44.6. The van der Waals surface area contributed by atoms with Crippen molar-refractivity contribution < 1.29 is 33.7 Å². The average Bonchev–Trinajstić information content (AvgIpc) is 3.19. The van der Waals surface area contributed by atoms with E-state index >= 15 is 0 Å². The number of nitrogens with zero attached hydrogens (tertiary/aromatic N) is 1. The van der Waals surface area contributed by atoms with Crippen molar-refractivity contribution in [2.24, 2.45) is 11.8 Å². The number of likely N-dealkylation sites (N-methyl/N-ethyl adjacent to an activating group) is 1. The number of phenols is 1. The van der Waals surface area contributed by atoms with Crippen LogP contribution in [0.2, 0.25) is 0 Å². The standard InChI is InChI=1S/C42H54N2O7/c1-24(2)12-11-17-40(8)18-16-28-33(45)32-34(46)30-22-27-23-31-39(6,7)51-41(37(27)47,19-15-26(5)38(48)43-20-21-44(9)10)42(30,31)50-36(32)29(35(28)49-40)14-13-25(3)4/h12-13,15-16,18,22,27,31,45H,11,14,17,19-21,23H2,1-10H3,(H,43,48). The Kier molecular flexibility index (Phi) is 9.33. The predicted octanol–water partition coefficient (Wildman–Crippen LogP) is 6.83. The molecule has 4 bridgehead atoms. The Morgan fingerprint density at radius 2 is 1.73 bits per heavy atom. The number of nitrogens with one attached hydrogen (secondary N) is 1. The molecule has 5 unspecified atom stereocenters. The zero-order valence-electron chi connectivity index (χ0n) is 31.9. The molecule has 3 heterocycles. The number of fused-ring (bicyclic) bond motifs is 2. The van der Waals surface area contributed by atoms with Gasteiger partial charge in [0, 0.05) is 48.1 Å². The molecule has 9 heteroatoms. The number of carbonyl (C=O) groups is 3. The van der Waals surface area contributed by atoms with Gasteiger partial charge >= 0.3 is 0 Å². The highest BCUT2D eigenvalue weighted by atomic mass is 16.6. The maximum absolute atomic E-state index is 14.9. The first-order chi connectivity index (χ1) is 23.9. The smallest absolute Gasteiger partial charge is 0.246 e. The number of carbonyl (C=O) groups excluding carboxylic acids is 3. The Balaban J connectivity index is 1.50. The maximum Gasteiger partial charge on any atom is 0.246 e. The molecule has 1 saturated heterocycles. The van der Waals surface area contributed by atoms with Gasteiger partial charge in [-0.25, -0.2) is 0 Å². The van der Waals surface area contributed by atoms with Crippen LogP contribution in [-0.4, -0.2) is 77.1 Å². The second kappa shape index (κ2) is 12.9. The fourth-order valence-corrected chi connectivity index (χ4v) is 8.71. The summed E-state index contributed by atoms with van der Waals surface area (Å²) in [6, 6.07) is 0. The van der Waals surface area contributed by atoms with Crippen LogP contribution >= 0.6 is 0 Å². The number of ether oxygens (including phenoxy) is 3. The Morgan fingerprint density at radius 1 is 1.02 bits per heavy atom. The van der Waals surface area contributed by atoms with E-state index in [-0.39, 0.29) is 46.9 Å². The molecule has 9 nitrogen and oxygen atoms in total. The van der Waals surface area contributed by atoms with E-state index in [1.807, 2.05) is 65.8 Å². The second-order valence-corrected chi connectivity index (χ2v) is 16.5. The number of Topliss-reactive ketones (excluding diaryl/α,β-unsaturated/α-hetero) is 2. The van der Waals surface area contributed by atoms with Gasteiger partial charge in [0.2, 0.25) is 5.91 Å². The van der Waals surface area contributed by atoms with Gasteiger partial charge in [0.15, 0.2) is 22.8 Å². The van der Waals surface area contributed by atoms with Crippen LogP contribution in [0.3, 0.4) is 0 Å². The molecular formula is C42H54N2O7. The number of hydrogen-bond donors (Lipinski definition) is 2. The molecular weight excluding hydrogens is 644 g/mol. The number of allylic oxidation sites excluding steroid dienone is 5. The third-order valence-corrected chi connectivity index (χ3v) is 11.4. The highest BCUT2D eigenvalue weighted by Crippen LogP contribution is 2.68. The van der Waals surface area contributed by atoms with Gasteiger partial charge in [0.05, 0.1) is 11.2 Å². The summed E-state index contributed by atoms with van der Waals surface area (Å²) in [5, 5.41) is 14.8. The first-order valence-electron chi connectivity index (χ1n) is 18.2. The summed E-state index contributed by atoms with van der Waals surface area (Å²) in [6.45, 7) is 17.0. The molecule has 2 fully saturated rings. The van der Waals surface area contributed by atoms with Crippen molar-refractivity contribution in [2.45, 2.75) is 110 Å². The molecule has 274 valence electrons. The van der Waals surface area contributed by atoms with Gasteiger partial charge in [0.1, 0.15) is 28.4 Å². The lowest BCUT2D eigenvalue weighted by atomic mass is 9.51. The average molecular weight is 699 g/mol. The van der Waals surface area contributed by atoms with E-state index in [1.54, 1.807) is 19.1 Å². The largest absolute Gasteiger partial charge is 0.506 e. The minimum Gasteiger partial charge on any atom is -0.506 e. The molecule has 7 rings (SSSR count). The molecule has 6 aliphatic rings. The number of phenolic OH excluding ortho intramolecular Hbond substituents is 1. The van der Waals surface area contributed by atoms with Gasteiger partial charge in [-0.3, -0.25) is 14.4 Å². The van der Waals surface area contributed by atoms with E-state index < -0.39 is 28.3 Å². The van der Waals surface area contributed by atoms with E-state index in [0.29, 0.717) is 60.4 Å². The van der Waals surface area contributed by atoms with Crippen LogP contribution in [0.15, 0.2) is 52.7 Å². The van der Waals surface area contributed by atoms with Crippen molar-refractivity contribution in [3.63, 3.8) is 0 Å². The highest BCUT2D eigenvalue weighted by Gasteiger charge is 2.81. The lowest BCUT2D eigenvalue weighted by molar-refractivity contribution is -0.171. The quantitative estimate of drug-likeness (QED) is 0.191. The third-order valence-electron chi connectivity index (χ3n) is 11.4. The number of rotatable bonds is 11. The Hall–Kier alpha value is -3.95. The number of amides is 1. The topological polar surface area (TPSA) is 114 Å². The fraction of sp³-hybridized carbons (Fsp3) is 0.548. The van der Waals surface area contributed by atoms with Gasteiger partial charge < -0.3 is 29.5 Å². The molecule has 0 radical (unpaired) electrons. The zero-order chi connectivity index (χ0) is 37.3. The highest BCUT2D eigenvalue weighted by molar-refractivity contribution is 6.19. The number of hydrogen-bond acceptors (Lipinski definition) is 8. The molecule has 1 aromatic rings. The van der Waals surface area contributed by atoms with Gasteiger partial charge in [0.25, 0.3) is 0 Å². The van der Waals surface area contributed by atoms with Gasteiger partial charge in [-0.05, 0) is 107 Å². The van der Waals surface area contributed by atoms with E-state index in [2.05, 4.69) is 31.3 Å². The third kappa shape index (κ3) is 5.90. The lowest BCUT2D eigenvalue weighted by Gasteiger charge is -2.56. The Morgan fingerprint density at radius 3 is 2.39 bits per heavy atom. The molecule has 3 aliphatic heterocycles. The van der Waals surface area contributed by atoms with Crippen LogP contribution in [0.5, 0.6) is 17.2 Å². The minimum atomic E-state index is -1.56. The fourth-order valence-electron chi connectivity index (χ4n) is 8.71. The van der Waals surface area contributed by atoms with E-state index in [0.717, 1.165) is 12.0 Å². The predicted molar refractivity (Wildman–Crippen MR) is 198 cm³/mol. The Labute approximate surface area is 302 Å². The van der Waals surface area contributed by atoms with E-state index in [4.69, 9.17) is 14.2 Å². The van der Waals surface area contributed by atoms with Crippen molar-refractivity contribution in [1.29, 1.82) is 0 Å². The van der Waals surface area contributed by atoms with Gasteiger partial charge in [-0.1, -0.05) is 35.5 Å². The number of benzene rings is 1. The molecule has 1 aromatic carbocycles. The first kappa shape index (κ1) is 36.8. The van der Waals surface area contributed by atoms with Crippen molar-refractivity contribution in [1.82, 2.24) is 10.2 Å². The molecule has 1 saturated carbocycles. The lowest BCUT2D eigenvalue weighted by Crippen LogP contribution is -2.72. The summed E-state index contributed by atoms with van der Waals surface area (Å²) >= 11 is 0. The van der Waals surface area contributed by atoms with Crippen molar-refractivity contribution >= 4 is 23.5 Å². The van der Waals surface area contributed by atoms with Crippen LogP contribution in [0.4, 0.5) is 0 Å². The molecule has 51 heavy (non-hydrogen) atoms. The number of ketones is 2. The van der Waals surface area contributed by atoms with E-state index in [1.165, 1.54) is 5.57 Å². The van der Waals surface area contributed by atoms with Crippen LogP contribution in [-0.2, 0) is 20.7 Å². The number of aromatic hydroxyl groups is 1. The van der Waals surface area contributed by atoms with Crippen molar-refractivity contribution in [2.75, 3.05) is 27.2 Å². The summed E-state index contributed by atoms with van der Waals surface area (Å²) in [5.74, 6) is -1.13. The zero-order valence-corrected chi connectivity index (χ0v) is 31.9. The first-order valence-corrected chi connectivity index (χ1v) is 18.2. The Bertz CT molecular complexity index is 1840. The molecule has 1 amide bonds. The van der Waals surface area contributed by atoms with Crippen molar-refractivity contribution in [3.8, 4) is 17.2 Å². The normalized spacial score (nSPS) is 29.4. The molecule has 5 atom stereocenters. The monoisotopic (exact) mass is 698 g/mol. The van der Waals surface area contributed by atoms with Crippen LogP contribution in [0.25, 0.3) is 6.08 Å². The SMILES string of the molecule is CC(C)=CCCC1(C)C=Cc2c(O)c3c(c(CC=C(C)C)c2O1)OC12C(=CC4CC1C(C)(C)OC2(CC=C(C)C(=O)NCCN(C)C)C4=O)C3=O. The second-order valence-electron chi connectivity index (χ2n) is 16.5. The van der Waals surface area contributed by atoms with E-state index in [9.17, 15) is 19.5 Å². The van der Waals surface area contributed by atoms with Crippen LogP contribution in [0, 0.1) is 11.8 Å².